The molecule has 0 bridgehead atoms. The predicted molar refractivity (Wildman–Crippen MR) is 92.2 cm³/mol. The van der Waals surface area contributed by atoms with E-state index in [2.05, 4.69) is 27.9 Å². The van der Waals surface area contributed by atoms with E-state index in [0.29, 0.717) is 10.0 Å². The summed E-state index contributed by atoms with van der Waals surface area (Å²) < 4.78 is 2.12. The molecule has 0 saturated heterocycles. The number of halogens is 3. The van der Waals surface area contributed by atoms with Gasteiger partial charge in [-0.05, 0) is 43.0 Å². The van der Waals surface area contributed by atoms with E-state index in [-0.39, 0.29) is 5.38 Å². The number of imidazole rings is 1. The average molecular weight is 360 g/mol. The highest BCUT2D eigenvalue weighted by atomic mass is 35.5. The number of aryl methyl sites for hydroxylation is 1. The summed E-state index contributed by atoms with van der Waals surface area (Å²) in [6, 6.07) is 5.77. The van der Waals surface area contributed by atoms with E-state index in [1.807, 2.05) is 13.0 Å². The van der Waals surface area contributed by atoms with Gasteiger partial charge in [-0.2, -0.15) is 0 Å². The summed E-state index contributed by atoms with van der Waals surface area (Å²) >= 11 is 20.3. The van der Waals surface area contributed by atoms with Gasteiger partial charge in [0.2, 0.25) is 0 Å². The summed E-state index contributed by atoms with van der Waals surface area (Å²) in [6.07, 6.45) is 0. The molecule has 0 aliphatic heterocycles. The Hall–Kier alpha value is -0.740. The molecule has 0 fully saturated rings. The van der Waals surface area contributed by atoms with Gasteiger partial charge >= 0.3 is 0 Å². The summed E-state index contributed by atoms with van der Waals surface area (Å²) in [5.41, 5.74) is 3.05. The molecule has 0 radical (unpaired) electrons. The summed E-state index contributed by atoms with van der Waals surface area (Å²) in [4.78, 5) is 5.91. The number of hydrogen-bond acceptors (Lipinski definition) is 2. The first-order chi connectivity index (χ1) is 9.97. The number of fused-ring (bicyclic) bond motifs is 1. The van der Waals surface area contributed by atoms with Crippen molar-refractivity contribution in [2.75, 3.05) is 0 Å². The molecule has 0 N–H and O–H groups in total. The van der Waals surface area contributed by atoms with Gasteiger partial charge in [-0.1, -0.05) is 23.2 Å². The zero-order valence-corrected chi connectivity index (χ0v) is 14.6. The fourth-order valence-corrected chi connectivity index (χ4v) is 3.69. The number of aromatic nitrogens is 2. The monoisotopic (exact) mass is 358 g/mol. The van der Waals surface area contributed by atoms with Crippen LogP contribution in [0, 0.1) is 6.92 Å². The number of hydrogen-bond donors (Lipinski definition) is 0. The fraction of sp³-hybridized carbons (Fsp3) is 0.267. The molecule has 6 heteroatoms. The smallest absolute Gasteiger partial charge is 0.128 e. The van der Waals surface area contributed by atoms with Gasteiger partial charge in [-0.25, -0.2) is 4.98 Å². The summed E-state index contributed by atoms with van der Waals surface area (Å²) in [6.45, 7) is 4.77. The highest BCUT2D eigenvalue weighted by Crippen LogP contribution is 2.32. The minimum atomic E-state index is -0.185. The lowest BCUT2D eigenvalue weighted by atomic mass is 10.2. The van der Waals surface area contributed by atoms with Crippen molar-refractivity contribution in [2.45, 2.75) is 25.8 Å². The maximum Gasteiger partial charge on any atom is 0.128 e. The zero-order chi connectivity index (χ0) is 15.1. The van der Waals surface area contributed by atoms with E-state index in [4.69, 9.17) is 34.8 Å². The van der Waals surface area contributed by atoms with Crippen molar-refractivity contribution in [3.05, 3.63) is 49.9 Å². The number of rotatable bonds is 3. The molecule has 110 valence electrons. The highest BCUT2D eigenvalue weighted by molar-refractivity contribution is 7.10. The third-order valence-corrected chi connectivity index (χ3v) is 5.37. The van der Waals surface area contributed by atoms with Crippen LogP contribution in [-0.2, 0) is 6.54 Å². The van der Waals surface area contributed by atoms with Gasteiger partial charge in [-0.3, -0.25) is 0 Å². The maximum atomic E-state index is 6.29. The molecule has 2 heterocycles. The molecule has 0 spiro atoms. The van der Waals surface area contributed by atoms with Crippen LogP contribution in [0.3, 0.4) is 0 Å². The Labute approximate surface area is 142 Å². The van der Waals surface area contributed by atoms with Crippen LogP contribution in [0.4, 0.5) is 0 Å². The number of nitrogens with zero attached hydrogens (tertiary/aromatic N) is 2. The number of thiophene rings is 1. The third-order valence-electron chi connectivity index (χ3n) is 3.45. The zero-order valence-electron chi connectivity index (χ0n) is 11.5. The quantitative estimate of drug-likeness (QED) is 0.520. The van der Waals surface area contributed by atoms with Gasteiger partial charge in [0.1, 0.15) is 5.82 Å². The van der Waals surface area contributed by atoms with Crippen LogP contribution in [0.25, 0.3) is 11.0 Å². The standard InChI is InChI=1S/C15H13Cl3N2S/c1-8-3-4-21-14(8)7-20-13-6-11(18)10(17)5-12(13)19-15(20)9(2)16/h3-6,9H,7H2,1-2H3. The first kappa shape index (κ1) is 15.2. The normalized spacial score (nSPS) is 13.0. The van der Waals surface area contributed by atoms with Crippen LogP contribution in [0.2, 0.25) is 10.0 Å². The van der Waals surface area contributed by atoms with Gasteiger partial charge in [0.25, 0.3) is 0 Å². The van der Waals surface area contributed by atoms with Crippen molar-refractivity contribution in [2.24, 2.45) is 0 Å². The molecule has 3 rings (SSSR count). The molecule has 3 aromatic rings. The van der Waals surface area contributed by atoms with E-state index in [9.17, 15) is 0 Å². The van der Waals surface area contributed by atoms with E-state index < -0.39 is 0 Å². The third kappa shape index (κ3) is 2.80. The molecule has 0 aliphatic rings. The Morgan fingerprint density at radius 1 is 1.29 bits per heavy atom. The molecule has 2 aromatic heterocycles. The molecule has 21 heavy (non-hydrogen) atoms. The molecule has 1 atom stereocenters. The maximum absolute atomic E-state index is 6.29. The first-order valence-corrected chi connectivity index (χ1v) is 8.56. The van der Waals surface area contributed by atoms with E-state index >= 15 is 0 Å². The predicted octanol–water partition coefficient (Wildman–Crippen LogP) is 6.06. The van der Waals surface area contributed by atoms with Gasteiger partial charge in [0.15, 0.2) is 0 Å². The molecule has 0 amide bonds. The van der Waals surface area contributed by atoms with Crippen molar-refractivity contribution >= 4 is 57.2 Å². The van der Waals surface area contributed by atoms with Crippen LogP contribution < -0.4 is 0 Å². The molecule has 1 unspecified atom stereocenters. The van der Waals surface area contributed by atoms with Crippen molar-refractivity contribution < 1.29 is 0 Å². The minimum Gasteiger partial charge on any atom is -0.321 e. The summed E-state index contributed by atoms with van der Waals surface area (Å²) in [7, 11) is 0. The second-order valence-electron chi connectivity index (χ2n) is 4.95. The van der Waals surface area contributed by atoms with E-state index in [1.54, 1.807) is 17.4 Å². The second-order valence-corrected chi connectivity index (χ2v) is 7.42. The summed E-state index contributed by atoms with van der Waals surface area (Å²) in [5.74, 6) is 0.831. The number of alkyl halides is 1. The molecule has 0 aliphatic carbocycles. The van der Waals surface area contributed by atoms with Crippen molar-refractivity contribution in [3.8, 4) is 0 Å². The SMILES string of the molecule is Cc1ccsc1Cn1c(C(C)Cl)nc2cc(Cl)c(Cl)cc21. The van der Waals surface area contributed by atoms with Crippen LogP contribution in [-0.4, -0.2) is 9.55 Å². The van der Waals surface area contributed by atoms with Gasteiger partial charge in [0.05, 0.1) is 33.0 Å². The molecule has 2 nitrogen and oxygen atoms in total. The van der Waals surface area contributed by atoms with E-state index in [1.165, 1.54) is 10.4 Å². The van der Waals surface area contributed by atoms with Crippen molar-refractivity contribution in [1.29, 1.82) is 0 Å². The van der Waals surface area contributed by atoms with Gasteiger partial charge in [-0.15, -0.1) is 22.9 Å². The first-order valence-electron chi connectivity index (χ1n) is 6.49. The topological polar surface area (TPSA) is 17.8 Å². The van der Waals surface area contributed by atoms with Gasteiger partial charge < -0.3 is 4.57 Å². The van der Waals surface area contributed by atoms with E-state index in [0.717, 1.165) is 23.4 Å². The average Bonchev–Trinajstić information content (AvgIpc) is 2.97. The Morgan fingerprint density at radius 2 is 2.00 bits per heavy atom. The lowest BCUT2D eigenvalue weighted by molar-refractivity contribution is 0.748. The Bertz CT molecular complexity index is 805. The highest BCUT2D eigenvalue weighted by Gasteiger charge is 2.17. The summed E-state index contributed by atoms with van der Waals surface area (Å²) in [5, 5.41) is 2.95. The Morgan fingerprint density at radius 3 is 2.62 bits per heavy atom. The van der Waals surface area contributed by atoms with Crippen LogP contribution in [0.15, 0.2) is 23.6 Å². The van der Waals surface area contributed by atoms with Crippen molar-refractivity contribution in [3.63, 3.8) is 0 Å². The van der Waals surface area contributed by atoms with Crippen LogP contribution in [0.1, 0.15) is 28.6 Å². The second kappa shape index (κ2) is 5.81. The Balaban J connectivity index is 2.20. The van der Waals surface area contributed by atoms with Crippen LogP contribution >= 0.6 is 46.1 Å². The molecule has 0 saturated carbocycles. The largest absolute Gasteiger partial charge is 0.321 e. The molecule has 1 aromatic carbocycles. The van der Waals surface area contributed by atoms with Crippen molar-refractivity contribution in [1.82, 2.24) is 9.55 Å². The van der Waals surface area contributed by atoms with Crippen LogP contribution in [0.5, 0.6) is 0 Å². The number of benzene rings is 1. The molecular weight excluding hydrogens is 347 g/mol. The Kier molecular flexibility index (Phi) is 4.19. The van der Waals surface area contributed by atoms with Gasteiger partial charge in [0, 0.05) is 4.88 Å². The lowest BCUT2D eigenvalue weighted by Crippen LogP contribution is -2.05. The lowest BCUT2D eigenvalue weighted by Gasteiger charge is -2.10. The molecular formula is C15H13Cl3N2S. The fourth-order valence-electron chi connectivity index (χ4n) is 2.32. The minimum absolute atomic E-state index is 0.185.